The molecular weight excluding hydrogens is 140 g/mol. The van der Waals surface area contributed by atoms with Gasteiger partial charge in [0.1, 0.15) is 0 Å². The second-order valence-electron chi connectivity index (χ2n) is 3.99. The van der Waals surface area contributed by atoms with Gasteiger partial charge in [0.05, 0.1) is 12.2 Å². The lowest BCUT2D eigenvalue weighted by Crippen LogP contribution is -2.43. The normalized spacial score (nSPS) is 52.6. The van der Waals surface area contributed by atoms with Crippen LogP contribution in [0.15, 0.2) is 0 Å². The van der Waals surface area contributed by atoms with Crippen LogP contribution >= 0.6 is 0 Å². The maximum absolute atomic E-state index is 9.48. The minimum atomic E-state index is -0.513. The van der Waals surface area contributed by atoms with Crippen LogP contribution in [-0.2, 0) is 0 Å². The van der Waals surface area contributed by atoms with Gasteiger partial charge < -0.3 is 10.2 Å². The van der Waals surface area contributed by atoms with Crippen LogP contribution in [0.5, 0.6) is 0 Å². The van der Waals surface area contributed by atoms with Crippen molar-refractivity contribution in [1.29, 1.82) is 0 Å². The Morgan fingerprint density at radius 3 is 2.09 bits per heavy atom. The van der Waals surface area contributed by atoms with E-state index in [1.165, 1.54) is 0 Å². The highest BCUT2D eigenvalue weighted by Gasteiger charge is 2.36. The molecule has 0 spiro atoms. The van der Waals surface area contributed by atoms with Gasteiger partial charge in [-0.1, -0.05) is 20.8 Å². The van der Waals surface area contributed by atoms with E-state index in [0.29, 0.717) is 11.8 Å². The Hall–Kier alpha value is -0.0800. The third-order valence-corrected chi connectivity index (χ3v) is 3.27. The molecule has 1 aliphatic rings. The molecule has 1 saturated carbocycles. The van der Waals surface area contributed by atoms with E-state index >= 15 is 0 Å². The molecule has 11 heavy (non-hydrogen) atoms. The highest BCUT2D eigenvalue weighted by Crippen LogP contribution is 2.34. The van der Waals surface area contributed by atoms with Crippen molar-refractivity contribution < 1.29 is 10.2 Å². The molecule has 2 heteroatoms. The molecule has 0 radical (unpaired) electrons. The van der Waals surface area contributed by atoms with Crippen molar-refractivity contribution in [2.24, 2.45) is 17.8 Å². The van der Waals surface area contributed by atoms with Gasteiger partial charge >= 0.3 is 0 Å². The van der Waals surface area contributed by atoms with Crippen molar-refractivity contribution in [2.75, 3.05) is 0 Å². The zero-order valence-electron chi connectivity index (χ0n) is 7.49. The fraction of sp³-hybridized carbons (Fsp3) is 1.00. The molecule has 0 bridgehead atoms. The van der Waals surface area contributed by atoms with Crippen LogP contribution in [0.4, 0.5) is 0 Å². The van der Waals surface area contributed by atoms with Crippen molar-refractivity contribution in [2.45, 2.75) is 39.4 Å². The fourth-order valence-corrected chi connectivity index (χ4v) is 1.91. The second-order valence-corrected chi connectivity index (χ2v) is 3.99. The van der Waals surface area contributed by atoms with Gasteiger partial charge in [0, 0.05) is 0 Å². The second kappa shape index (κ2) is 3.11. The van der Waals surface area contributed by atoms with Crippen molar-refractivity contribution in [1.82, 2.24) is 0 Å². The average Bonchev–Trinajstić information content (AvgIpc) is 1.97. The Morgan fingerprint density at radius 2 is 1.55 bits per heavy atom. The maximum atomic E-state index is 9.48. The van der Waals surface area contributed by atoms with Gasteiger partial charge in [-0.05, 0) is 24.2 Å². The summed E-state index contributed by atoms with van der Waals surface area (Å²) in [5, 5.41) is 18.9. The van der Waals surface area contributed by atoms with Gasteiger partial charge in [-0.2, -0.15) is 0 Å². The monoisotopic (exact) mass is 158 g/mol. The van der Waals surface area contributed by atoms with Crippen LogP contribution in [0.25, 0.3) is 0 Å². The molecule has 0 saturated heterocycles. The first-order valence-electron chi connectivity index (χ1n) is 4.40. The van der Waals surface area contributed by atoms with Gasteiger partial charge in [0.2, 0.25) is 0 Å². The summed E-state index contributed by atoms with van der Waals surface area (Å²) < 4.78 is 0. The van der Waals surface area contributed by atoms with Crippen molar-refractivity contribution >= 4 is 0 Å². The predicted octanol–water partition coefficient (Wildman–Crippen LogP) is 1.02. The van der Waals surface area contributed by atoms with Crippen LogP contribution in [-0.4, -0.2) is 22.4 Å². The Labute approximate surface area is 68.2 Å². The van der Waals surface area contributed by atoms with E-state index in [0.717, 1.165) is 6.42 Å². The molecule has 5 unspecified atom stereocenters. The summed E-state index contributed by atoms with van der Waals surface area (Å²) in [6.07, 6.45) is -0.274. The first kappa shape index (κ1) is 9.01. The molecule has 0 heterocycles. The largest absolute Gasteiger partial charge is 0.390 e. The molecular formula is C9H18O2. The lowest BCUT2D eigenvalue weighted by Gasteiger charge is -2.38. The SMILES string of the molecule is CC1CC(O)C(O)C(C)C1C. The summed E-state index contributed by atoms with van der Waals surface area (Å²) in [5.41, 5.74) is 0. The highest BCUT2D eigenvalue weighted by atomic mass is 16.3. The third-order valence-electron chi connectivity index (χ3n) is 3.27. The first-order valence-corrected chi connectivity index (χ1v) is 4.40. The molecule has 0 aromatic heterocycles. The average molecular weight is 158 g/mol. The van der Waals surface area contributed by atoms with E-state index in [1.54, 1.807) is 0 Å². The Balaban J connectivity index is 2.63. The molecule has 1 rings (SSSR count). The lowest BCUT2D eigenvalue weighted by molar-refractivity contribution is -0.0766. The zero-order valence-corrected chi connectivity index (χ0v) is 7.49. The van der Waals surface area contributed by atoms with E-state index in [1.807, 2.05) is 6.92 Å². The van der Waals surface area contributed by atoms with E-state index in [-0.39, 0.29) is 5.92 Å². The summed E-state index contributed by atoms with van der Waals surface area (Å²) in [6.45, 7) is 6.29. The lowest BCUT2D eigenvalue weighted by atomic mass is 9.72. The molecule has 1 fully saturated rings. The molecule has 0 aromatic carbocycles. The summed E-state index contributed by atoms with van der Waals surface area (Å²) in [7, 11) is 0. The van der Waals surface area contributed by atoms with E-state index in [4.69, 9.17) is 0 Å². The molecule has 2 N–H and O–H groups in total. The molecule has 0 aromatic rings. The molecule has 0 aliphatic heterocycles. The van der Waals surface area contributed by atoms with Crippen LogP contribution in [0.3, 0.4) is 0 Å². The van der Waals surface area contributed by atoms with Gasteiger partial charge in [-0.15, -0.1) is 0 Å². The van der Waals surface area contributed by atoms with E-state index in [2.05, 4.69) is 13.8 Å². The predicted molar refractivity (Wildman–Crippen MR) is 44.1 cm³/mol. The van der Waals surface area contributed by atoms with Gasteiger partial charge in [0.25, 0.3) is 0 Å². The standard InChI is InChI=1S/C9H18O2/c1-5-4-8(10)9(11)7(3)6(5)2/h5-11H,4H2,1-3H3. The number of hydrogen-bond acceptors (Lipinski definition) is 2. The molecule has 1 aliphatic carbocycles. The zero-order chi connectivity index (χ0) is 8.59. The summed E-state index contributed by atoms with van der Waals surface area (Å²) in [5.74, 6) is 1.28. The van der Waals surface area contributed by atoms with Crippen molar-refractivity contribution in [3.63, 3.8) is 0 Å². The van der Waals surface area contributed by atoms with Gasteiger partial charge in [-0.3, -0.25) is 0 Å². The van der Waals surface area contributed by atoms with Crippen LogP contribution < -0.4 is 0 Å². The van der Waals surface area contributed by atoms with Gasteiger partial charge in [0.15, 0.2) is 0 Å². The third kappa shape index (κ3) is 1.57. The number of aliphatic hydroxyl groups excluding tert-OH is 2. The molecule has 2 nitrogen and oxygen atoms in total. The quantitative estimate of drug-likeness (QED) is 0.552. The highest BCUT2D eigenvalue weighted by molar-refractivity contribution is 4.86. The number of rotatable bonds is 0. The Bertz CT molecular complexity index is 122. The Kier molecular flexibility index (Phi) is 2.55. The molecule has 66 valence electrons. The fourth-order valence-electron chi connectivity index (χ4n) is 1.91. The summed E-state index contributed by atoms with van der Waals surface area (Å²) in [4.78, 5) is 0. The van der Waals surface area contributed by atoms with Gasteiger partial charge in [-0.25, -0.2) is 0 Å². The molecule has 5 atom stereocenters. The topological polar surface area (TPSA) is 40.5 Å². The van der Waals surface area contributed by atoms with Crippen molar-refractivity contribution in [3.8, 4) is 0 Å². The van der Waals surface area contributed by atoms with Crippen LogP contribution in [0.1, 0.15) is 27.2 Å². The first-order chi connectivity index (χ1) is 5.04. The number of hydrogen-bond donors (Lipinski definition) is 2. The van der Waals surface area contributed by atoms with Crippen LogP contribution in [0.2, 0.25) is 0 Å². The maximum Gasteiger partial charge on any atom is 0.0827 e. The van der Waals surface area contributed by atoms with E-state index < -0.39 is 12.2 Å². The van der Waals surface area contributed by atoms with E-state index in [9.17, 15) is 10.2 Å². The van der Waals surface area contributed by atoms with Crippen LogP contribution in [0, 0.1) is 17.8 Å². The van der Waals surface area contributed by atoms with Crippen molar-refractivity contribution in [3.05, 3.63) is 0 Å². The smallest absolute Gasteiger partial charge is 0.0827 e. The summed E-state index contributed by atoms with van der Waals surface area (Å²) in [6, 6.07) is 0. The Morgan fingerprint density at radius 1 is 1.00 bits per heavy atom. The minimum Gasteiger partial charge on any atom is -0.390 e. The summed E-state index contributed by atoms with van der Waals surface area (Å²) >= 11 is 0. The number of aliphatic hydroxyl groups is 2. The molecule has 0 amide bonds. The minimum absolute atomic E-state index is 0.230.